The van der Waals surface area contributed by atoms with Gasteiger partial charge in [0.05, 0.1) is 5.69 Å². The molecular weight excluding hydrogens is 148 g/mol. The van der Waals surface area contributed by atoms with Gasteiger partial charge in [-0.1, -0.05) is 13.8 Å². The van der Waals surface area contributed by atoms with Crippen molar-refractivity contribution in [2.45, 2.75) is 48.1 Å². The smallest absolute Gasteiger partial charge is 0.106 e. The van der Waals surface area contributed by atoms with Crippen LogP contribution >= 0.6 is 0 Å². The third-order valence-corrected chi connectivity index (χ3v) is 1.96. The Morgan fingerprint density at radius 1 is 1.17 bits per heavy atom. The Labute approximate surface area is 75.6 Å². The predicted molar refractivity (Wildman–Crippen MR) is 53.5 cm³/mol. The fourth-order valence-corrected chi connectivity index (χ4v) is 1.29. The zero-order valence-corrected chi connectivity index (χ0v) is 9.10. The van der Waals surface area contributed by atoms with Crippen molar-refractivity contribution in [3.8, 4) is 0 Å². The van der Waals surface area contributed by atoms with Crippen LogP contribution in [0.2, 0.25) is 0 Å². The Hall–Kier alpha value is -0.790. The Morgan fingerprint density at radius 2 is 1.67 bits per heavy atom. The van der Waals surface area contributed by atoms with Crippen molar-refractivity contribution in [2.75, 3.05) is 0 Å². The van der Waals surface area contributed by atoms with Gasteiger partial charge in [0.15, 0.2) is 0 Å². The van der Waals surface area contributed by atoms with Gasteiger partial charge in [0.2, 0.25) is 0 Å². The van der Waals surface area contributed by atoms with Crippen LogP contribution in [0.3, 0.4) is 0 Å². The zero-order valence-electron chi connectivity index (χ0n) is 9.10. The minimum Gasteiger partial charge on any atom is -0.333 e. The molecule has 2 nitrogen and oxygen atoms in total. The van der Waals surface area contributed by atoms with Crippen LogP contribution in [0.4, 0.5) is 0 Å². The van der Waals surface area contributed by atoms with E-state index in [2.05, 4.69) is 30.3 Å². The molecule has 0 aliphatic rings. The molecule has 0 unspecified atom stereocenters. The third kappa shape index (κ3) is 2.10. The number of nitrogens with zero attached hydrogens (tertiary/aromatic N) is 2. The topological polar surface area (TPSA) is 17.8 Å². The Balaban J connectivity index is 0.000000561. The molecule has 12 heavy (non-hydrogen) atoms. The van der Waals surface area contributed by atoms with Crippen LogP contribution in [0.5, 0.6) is 0 Å². The molecule has 2 heteroatoms. The first-order valence-corrected chi connectivity index (χ1v) is 4.67. The fraction of sp³-hybridized carbons (Fsp3) is 0.700. The van der Waals surface area contributed by atoms with E-state index in [1.54, 1.807) is 0 Å². The van der Waals surface area contributed by atoms with Crippen molar-refractivity contribution in [3.05, 3.63) is 17.2 Å². The first-order chi connectivity index (χ1) is 5.66. The lowest BCUT2D eigenvalue weighted by Crippen LogP contribution is -1.98. The first kappa shape index (κ1) is 11.2. The average Bonchev–Trinajstić information content (AvgIpc) is 2.31. The van der Waals surface area contributed by atoms with Crippen molar-refractivity contribution in [3.63, 3.8) is 0 Å². The SMILES string of the molecule is CC.CCn1c(C)nc(C)c1C. The average molecular weight is 168 g/mol. The summed E-state index contributed by atoms with van der Waals surface area (Å²) in [4.78, 5) is 4.34. The Morgan fingerprint density at radius 3 is 1.83 bits per heavy atom. The maximum atomic E-state index is 4.34. The summed E-state index contributed by atoms with van der Waals surface area (Å²) in [6.07, 6.45) is 0. The van der Waals surface area contributed by atoms with E-state index < -0.39 is 0 Å². The van der Waals surface area contributed by atoms with Gasteiger partial charge < -0.3 is 4.57 Å². The van der Waals surface area contributed by atoms with E-state index in [1.165, 1.54) is 5.69 Å². The van der Waals surface area contributed by atoms with Crippen LogP contribution in [0.1, 0.15) is 38.0 Å². The van der Waals surface area contributed by atoms with Crippen LogP contribution in [0.15, 0.2) is 0 Å². The molecule has 0 aliphatic carbocycles. The summed E-state index contributed by atoms with van der Waals surface area (Å²) in [6, 6.07) is 0. The molecule has 70 valence electrons. The van der Waals surface area contributed by atoms with Gasteiger partial charge in [-0.3, -0.25) is 0 Å². The largest absolute Gasteiger partial charge is 0.333 e. The van der Waals surface area contributed by atoms with Gasteiger partial charge >= 0.3 is 0 Å². The van der Waals surface area contributed by atoms with Gasteiger partial charge in [0.1, 0.15) is 5.82 Å². The summed E-state index contributed by atoms with van der Waals surface area (Å²) >= 11 is 0. The number of imidazole rings is 1. The second kappa shape index (κ2) is 4.96. The molecule has 0 atom stereocenters. The number of aryl methyl sites for hydroxylation is 2. The summed E-state index contributed by atoms with van der Waals surface area (Å²) in [5.41, 5.74) is 2.44. The van der Waals surface area contributed by atoms with Crippen LogP contribution in [0, 0.1) is 20.8 Å². The molecule has 0 amide bonds. The molecule has 0 spiro atoms. The van der Waals surface area contributed by atoms with Crippen molar-refractivity contribution in [1.29, 1.82) is 0 Å². The molecule has 1 aromatic rings. The standard InChI is InChI=1S/C8H14N2.C2H6/c1-5-10-7(3)6(2)9-8(10)4;1-2/h5H2,1-4H3;1-2H3. The molecule has 1 aromatic heterocycles. The normalized spacial score (nSPS) is 9.17. The van der Waals surface area contributed by atoms with Gasteiger partial charge in [-0.2, -0.15) is 0 Å². The van der Waals surface area contributed by atoms with Crippen LogP contribution in [-0.2, 0) is 6.54 Å². The molecule has 0 saturated carbocycles. The van der Waals surface area contributed by atoms with Crippen molar-refractivity contribution >= 4 is 0 Å². The molecule has 0 aromatic carbocycles. The van der Waals surface area contributed by atoms with E-state index in [0.29, 0.717) is 0 Å². The lowest BCUT2D eigenvalue weighted by molar-refractivity contribution is 0.708. The van der Waals surface area contributed by atoms with Crippen LogP contribution in [-0.4, -0.2) is 9.55 Å². The summed E-state index contributed by atoms with van der Waals surface area (Å²) < 4.78 is 2.22. The first-order valence-electron chi connectivity index (χ1n) is 4.67. The maximum Gasteiger partial charge on any atom is 0.106 e. The highest BCUT2D eigenvalue weighted by molar-refractivity contribution is 5.12. The van der Waals surface area contributed by atoms with Gasteiger partial charge in [-0.05, 0) is 27.7 Å². The predicted octanol–water partition coefficient (Wildman–Crippen LogP) is 2.85. The number of aromatic nitrogens is 2. The third-order valence-electron chi connectivity index (χ3n) is 1.96. The molecule has 0 radical (unpaired) electrons. The summed E-state index contributed by atoms with van der Waals surface area (Å²) in [7, 11) is 0. The molecule has 0 aliphatic heterocycles. The lowest BCUT2D eigenvalue weighted by atomic mass is 10.4. The van der Waals surface area contributed by atoms with Crippen LogP contribution in [0.25, 0.3) is 0 Å². The quantitative estimate of drug-likeness (QED) is 0.630. The van der Waals surface area contributed by atoms with Crippen molar-refractivity contribution in [1.82, 2.24) is 9.55 Å². The fourth-order valence-electron chi connectivity index (χ4n) is 1.29. The molecule has 0 N–H and O–H groups in total. The van der Waals surface area contributed by atoms with Gasteiger partial charge in [-0.25, -0.2) is 4.98 Å². The molecule has 0 bridgehead atoms. The second-order valence-electron chi connectivity index (χ2n) is 2.57. The molecular formula is C10H20N2. The molecule has 1 rings (SSSR count). The van der Waals surface area contributed by atoms with Gasteiger partial charge in [0.25, 0.3) is 0 Å². The molecule has 1 heterocycles. The van der Waals surface area contributed by atoms with E-state index in [4.69, 9.17) is 0 Å². The highest BCUT2D eigenvalue weighted by Gasteiger charge is 2.03. The Bertz CT molecular complexity index is 236. The minimum atomic E-state index is 1.03. The van der Waals surface area contributed by atoms with Gasteiger partial charge in [0, 0.05) is 12.2 Å². The van der Waals surface area contributed by atoms with E-state index in [0.717, 1.165) is 18.1 Å². The molecule has 0 fully saturated rings. The lowest BCUT2D eigenvalue weighted by Gasteiger charge is -2.01. The summed E-state index contributed by atoms with van der Waals surface area (Å²) in [5.74, 6) is 1.12. The number of hydrogen-bond donors (Lipinski definition) is 0. The van der Waals surface area contributed by atoms with E-state index in [-0.39, 0.29) is 0 Å². The Kier molecular flexibility index (Phi) is 4.64. The van der Waals surface area contributed by atoms with E-state index in [9.17, 15) is 0 Å². The number of rotatable bonds is 1. The number of hydrogen-bond acceptors (Lipinski definition) is 1. The highest BCUT2D eigenvalue weighted by atomic mass is 15.1. The van der Waals surface area contributed by atoms with E-state index in [1.807, 2.05) is 20.8 Å². The van der Waals surface area contributed by atoms with Crippen molar-refractivity contribution < 1.29 is 0 Å². The minimum absolute atomic E-state index is 1.03. The highest BCUT2D eigenvalue weighted by Crippen LogP contribution is 2.07. The monoisotopic (exact) mass is 168 g/mol. The molecule has 0 saturated heterocycles. The van der Waals surface area contributed by atoms with Crippen LogP contribution < -0.4 is 0 Å². The van der Waals surface area contributed by atoms with E-state index >= 15 is 0 Å². The second-order valence-corrected chi connectivity index (χ2v) is 2.57. The van der Waals surface area contributed by atoms with Crippen molar-refractivity contribution in [2.24, 2.45) is 0 Å². The summed E-state index contributed by atoms with van der Waals surface area (Å²) in [6.45, 7) is 13.4. The maximum absolute atomic E-state index is 4.34. The summed E-state index contributed by atoms with van der Waals surface area (Å²) in [5, 5.41) is 0. The van der Waals surface area contributed by atoms with Gasteiger partial charge in [-0.15, -0.1) is 0 Å². The zero-order chi connectivity index (χ0) is 9.72.